The smallest absolute Gasteiger partial charge is 0.254 e. The summed E-state index contributed by atoms with van der Waals surface area (Å²) in [4.78, 5) is 14.5. The molecule has 1 fully saturated rings. The van der Waals surface area contributed by atoms with Gasteiger partial charge in [-0.25, -0.2) is 0 Å². The van der Waals surface area contributed by atoms with Gasteiger partial charge in [0.1, 0.15) is 0 Å². The molecular weight excluding hydrogens is 373 g/mol. The van der Waals surface area contributed by atoms with Gasteiger partial charge in [-0.05, 0) is 54.0 Å². The van der Waals surface area contributed by atoms with Crippen molar-refractivity contribution in [3.05, 3.63) is 32.9 Å². The van der Waals surface area contributed by atoms with E-state index in [4.69, 9.17) is 11.6 Å². The molecule has 1 amide bonds. The van der Waals surface area contributed by atoms with E-state index in [1.165, 1.54) is 6.42 Å². The van der Waals surface area contributed by atoms with Crippen LogP contribution in [0.4, 0.5) is 0 Å². The van der Waals surface area contributed by atoms with Gasteiger partial charge in [-0.2, -0.15) is 0 Å². The summed E-state index contributed by atoms with van der Waals surface area (Å²) in [5, 5.41) is 0.0881. The second kappa shape index (κ2) is 6.44. The van der Waals surface area contributed by atoms with E-state index in [-0.39, 0.29) is 17.3 Å². The van der Waals surface area contributed by atoms with Crippen LogP contribution in [-0.4, -0.2) is 29.3 Å². The van der Waals surface area contributed by atoms with Crippen molar-refractivity contribution >= 4 is 40.1 Å². The fourth-order valence-corrected chi connectivity index (χ4v) is 3.70. The van der Waals surface area contributed by atoms with E-state index in [0.29, 0.717) is 0 Å². The molecule has 104 valence electrons. The Balaban J connectivity index is 2.21. The van der Waals surface area contributed by atoms with Crippen LogP contribution in [0.5, 0.6) is 0 Å². The van der Waals surface area contributed by atoms with Crippen molar-refractivity contribution in [2.45, 2.75) is 44.0 Å². The Kier molecular flexibility index (Phi) is 5.12. The standard InChI is InChI=1S/C15H19ClINO/c1-10-6-5-7-11(14(10)17)15(19)18(2)13-9-4-3-8-12(13)16/h5-7,12-13H,3-4,8-9H2,1-2H3. The van der Waals surface area contributed by atoms with Crippen LogP contribution < -0.4 is 0 Å². The molecular formula is C15H19ClINO. The second-order valence-electron chi connectivity index (χ2n) is 5.22. The zero-order chi connectivity index (χ0) is 14.0. The molecule has 2 nitrogen and oxygen atoms in total. The van der Waals surface area contributed by atoms with Gasteiger partial charge in [0.15, 0.2) is 0 Å². The third-order valence-corrected chi connectivity index (χ3v) is 5.83. The highest BCUT2D eigenvalue weighted by atomic mass is 127. The van der Waals surface area contributed by atoms with Crippen LogP contribution in [0, 0.1) is 10.5 Å². The highest BCUT2D eigenvalue weighted by Crippen LogP contribution is 2.28. The number of nitrogens with zero attached hydrogens (tertiary/aromatic N) is 1. The molecule has 0 radical (unpaired) electrons. The monoisotopic (exact) mass is 391 g/mol. The second-order valence-corrected chi connectivity index (χ2v) is 6.86. The van der Waals surface area contributed by atoms with Gasteiger partial charge < -0.3 is 4.90 Å². The molecule has 2 rings (SSSR count). The summed E-state index contributed by atoms with van der Waals surface area (Å²) in [6.45, 7) is 2.03. The summed E-state index contributed by atoms with van der Waals surface area (Å²) in [5.41, 5.74) is 1.93. The topological polar surface area (TPSA) is 20.3 Å². The summed E-state index contributed by atoms with van der Waals surface area (Å²) < 4.78 is 1.04. The Bertz CT molecular complexity index is 477. The first-order valence-corrected chi connectivity index (χ1v) is 8.20. The lowest BCUT2D eigenvalue weighted by Gasteiger charge is -2.35. The SMILES string of the molecule is Cc1cccc(C(=O)N(C)C2CCCCC2Cl)c1I. The minimum absolute atomic E-state index is 0.0881. The first kappa shape index (κ1) is 15.1. The van der Waals surface area contributed by atoms with Gasteiger partial charge >= 0.3 is 0 Å². The van der Waals surface area contributed by atoms with Gasteiger partial charge in [-0.15, -0.1) is 11.6 Å². The van der Waals surface area contributed by atoms with Crippen LogP contribution in [0.1, 0.15) is 41.6 Å². The van der Waals surface area contributed by atoms with Gasteiger partial charge in [0.05, 0.1) is 10.9 Å². The molecule has 0 saturated heterocycles. The summed E-state index contributed by atoms with van der Waals surface area (Å²) in [7, 11) is 1.88. The average Bonchev–Trinajstić information content (AvgIpc) is 2.41. The molecule has 0 spiro atoms. The molecule has 1 aromatic rings. The van der Waals surface area contributed by atoms with Crippen molar-refractivity contribution in [2.75, 3.05) is 7.05 Å². The lowest BCUT2D eigenvalue weighted by molar-refractivity contribution is 0.0699. The third kappa shape index (κ3) is 3.24. The van der Waals surface area contributed by atoms with E-state index in [2.05, 4.69) is 22.6 Å². The lowest BCUT2D eigenvalue weighted by atomic mass is 9.93. The summed E-state index contributed by atoms with van der Waals surface area (Å²) in [6, 6.07) is 6.04. The van der Waals surface area contributed by atoms with E-state index in [9.17, 15) is 4.79 Å². The predicted octanol–water partition coefficient (Wildman–Crippen LogP) is 4.22. The predicted molar refractivity (Wildman–Crippen MR) is 87.9 cm³/mol. The molecule has 1 saturated carbocycles. The maximum absolute atomic E-state index is 12.6. The summed E-state index contributed by atoms with van der Waals surface area (Å²) in [5.74, 6) is 0.0886. The number of carbonyl (C=O) groups is 1. The Morgan fingerprint density at radius 2 is 2.05 bits per heavy atom. The number of carbonyl (C=O) groups excluding carboxylic acids is 1. The Morgan fingerprint density at radius 3 is 2.74 bits per heavy atom. The van der Waals surface area contributed by atoms with E-state index in [1.807, 2.05) is 37.1 Å². The quantitative estimate of drug-likeness (QED) is 0.546. The molecule has 0 heterocycles. The Morgan fingerprint density at radius 1 is 1.37 bits per heavy atom. The fraction of sp³-hybridized carbons (Fsp3) is 0.533. The van der Waals surface area contributed by atoms with Crippen LogP contribution in [0.15, 0.2) is 18.2 Å². The van der Waals surface area contributed by atoms with Crippen LogP contribution in [0.2, 0.25) is 0 Å². The first-order valence-electron chi connectivity index (χ1n) is 6.68. The molecule has 2 atom stereocenters. The molecule has 1 aliphatic carbocycles. The molecule has 0 aliphatic heterocycles. The summed E-state index contributed by atoms with van der Waals surface area (Å²) in [6.07, 6.45) is 4.36. The first-order chi connectivity index (χ1) is 9.02. The molecule has 0 aromatic heterocycles. The molecule has 0 N–H and O–H groups in total. The van der Waals surface area contributed by atoms with Crippen molar-refractivity contribution in [1.82, 2.24) is 4.90 Å². The minimum atomic E-state index is 0.0881. The fourth-order valence-electron chi connectivity index (χ4n) is 2.66. The number of aryl methyl sites for hydroxylation is 1. The zero-order valence-corrected chi connectivity index (χ0v) is 14.2. The number of alkyl halides is 1. The van der Waals surface area contributed by atoms with Gasteiger partial charge in [-0.1, -0.05) is 25.0 Å². The maximum Gasteiger partial charge on any atom is 0.254 e. The number of hydrogen-bond acceptors (Lipinski definition) is 1. The summed E-state index contributed by atoms with van der Waals surface area (Å²) >= 11 is 8.63. The van der Waals surface area contributed by atoms with Crippen LogP contribution >= 0.6 is 34.2 Å². The van der Waals surface area contributed by atoms with Crippen molar-refractivity contribution in [3.8, 4) is 0 Å². The molecule has 2 unspecified atom stereocenters. The van der Waals surface area contributed by atoms with Crippen molar-refractivity contribution in [1.29, 1.82) is 0 Å². The van der Waals surface area contributed by atoms with Gasteiger partial charge in [0, 0.05) is 16.7 Å². The highest BCUT2D eigenvalue weighted by Gasteiger charge is 2.30. The van der Waals surface area contributed by atoms with Gasteiger partial charge in [0.2, 0.25) is 0 Å². The zero-order valence-electron chi connectivity index (χ0n) is 11.3. The van der Waals surface area contributed by atoms with E-state index in [0.717, 1.165) is 34.0 Å². The van der Waals surface area contributed by atoms with Crippen molar-refractivity contribution < 1.29 is 4.79 Å². The Hall–Kier alpha value is -0.290. The number of hydrogen-bond donors (Lipinski definition) is 0. The molecule has 0 bridgehead atoms. The normalized spacial score (nSPS) is 23.2. The molecule has 1 aliphatic rings. The van der Waals surface area contributed by atoms with Gasteiger partial charge in [-0.3, -0.25) is 4.79 Å². The highest BCUT2D eigenvalue weighted by molar-refractivity contribution is 14.1. The number of halogens is 2. The van der Waals surface area contributed by atoms with Crippen molar-refractivity contribution in [2.24, 2.45) is 0 Å². The molecule has 1 aromatic carbocycles. The number of rotatable bonds is 2. The third-order valence-electron chi connectivity index (χ3n) is 3.89. The van der Waals surface area contributed by atoms with Crippen LogP contribution in [-0.2, 0) is 0 Å². The Labute approximate surface area is 133 Å². The van der Waals surface area contributed by atoms with Crippen molar-refractivity contribution in [3.63, 3.8) is 0 Å². The van der Waals surface area contributed by atoms with Gasteiger partial charge in [0.25, 0.3) is 5.91 Å². The minimum Gasteiger partial charge on any atom is -0.337 e. The van der Waals surface area contributed by atoms with E-state index in [1.54, 1.807) is 0 Å². The number of benzene rings is 1. The van der Waals surface area contributed by atoms with E-state index < -0.39 is 0 Å². The maximum atomic E-state index is 12.6. The average molecular weight is 392 g/mol. The molecule has 4 heteroatoms. The van der Waals surface area contributed by atoms with Crippen LogP contribution in [0.25, 0.3) is 0 Å². The molecule has 19 heavy (non-hydrogen) atoms. The largest absolute Gasteiger partial charge is 0.337 e. The van der Waals surface area contributed by atoms with Crippen LogP contribution in [0.3, 0.4) is 0 Å². The van der Waals surface area contributed by atoms with E-state index >= 15 is 0 Å². The number of amides is 1. The lowest BCUT2D eigenvalue weighted by Crippen LogP contribution is -2.44.